The SMILES string of the molecule is COC(=O)C(C)(N)CCCCN1CCC2(CCCC2)CC1. The molecular weight excluding hydrogens is 264 g/mol. The second kappa shape index (κ2) is 7.10. The molecule has 1 heterocycles. The highest BCUT2D eigenvalue weighted by molar-refractivity contribution is 5.79. The summed E-state index contributed by atoms with van der Waals surface area (Å²) in [6, 6.07) is 0. The molecule has 0 bridgehead atoms. The zero-order valence-corrected chi connectivity index (χ0v) is 13.8. The van der Waals surface area contributed by atoms with Gasteiger partial charge in [0.2, 0.25) is 0 Å². The molecule has 4 heteroatoms. The molecule has 21 heavy (non-hydrogen) atoms. The second-order valence-corrected chi connectivity index (χ2v) is 7.41. The third-order valence-corrected chi connectivity index (χ3v) is 5.65. The number of hydrogen-bond acceptors (Lipinski definition) is 4. The number of hydrogen-bond donors (Lipinski definition) is 1. The average Bonchev–Trinajstić information content (AvgIpc) is 2.93. The number of likely N-dealkylation sites (tertiary alicyclic amines) is 1. The van der Waals surface area contributed by atoms with E-state index in [4.69, 9.17) is 10.5 Å². The Morgan fingerprint density at radius 3 is 2.38 bits per heavy atom. The number of methoxy groups -OCH3 is 1. The van der Waals surface area contributed by atoms with Crippen LogP contribution in [0.15, 0.2) is 0 Å². The molecule has 1 aliphatic heterocycles. The van der Waals surface area contributed by atoms with Crippen molar-refractivity contribution < 1.29 is 9.53 Å². The lowest BCUT2D eigenvalue weighted by Crippen LogP contribution is -2.45. The fourth-order valence-electron chi connectivity index (χ4n) is 4.04. The van der Waals surface area contributed by atoms with Crippen LogP contribution in [-0.2, 0) is 9.53 Å². The van der Waals surface area contributed by atoms with Gasteiger partial charge in [-0.15, -0.1) is 0 Å². The average molecular weight is 296 g/mol. The Kier molecular flexibility index (Phi) is 5.67. The fraction of sp³-hybridized carbons (Fsp3) is 0.941. The minimum atomic E-state index is -0.829. The highest BCUT2D eigenvalue weighted by Crippen LogP contribution is 2.46. The molecule has 0 aromatic rings. The Labute approximate surface area is 129 Å². The standard InChI is InChI=1S/C17H32N2O2/c1-16(18,15(20)21-2)7-5-6-12-19-13-10-17(11-14-19)8-3-4-9-17/h3-14,18H2,1-2H3. The van der Waals surface area contributed by atoms with E-state index in [0.717, 1.165) is 19.4 Å². The summed E-state index contributed by atoms with van der Waals surface area (Å²) in [5, 5.41) is 0. The van der Waals surface area contributed by atoms with Crippen LogP contribution in [0.1, 0.15) is 64.7 Å². The first kappa shape index (κ1) is 16.8. The van der Waals surface area contributed by atoms with Crippen molar-refractivity contribution in [1.82, 2.24) is 4.90 Å². The zero-order chi connectivity index (χ0) is 15.3. The summed E-state index contributed by atoms with van der Waals surface area (Å²) in [5.74, 6) is -0.302. The molecule has 0 aromatic carbocycles. The van der Waals surface area contributed by atoms with Crippen LogP contribution >= 0.6 is 0 Å². The lowest BCUT2D eigenvalue weighted by atomic mass is 9.77. The van der Waals surface area contributed by atoms with Crippen molar-refractivity contribution in [3.05, 3.63) is 0 Å². The number of rotatable bonds is 6. The third-order valence-electron chi connectivity index (χ3n) is 5.65. The van der Waals surface area contributed by atoms with Crippen LogP contribution in [0.25, 0.3) is 0 Å². The summed E-state index contributed by atoms with van der Waals surface area (Å²) in [6.07, 6.45) is 11.4. The van der Waals surface area contributed by atoms with Gasteiger partial charge in [0.25, 0.3) is 0 Å². The molecule has 1 atom stereocenters. The number of nitrogens with two attached hydrogens (primary N) is 1. The van der Waals surface area contributed by atoms with Gasteiger partial charge < -0.3 is 15.4 Å². The summed E-state index contributed by atoms with van der Waals surface area (Å²) >= 11 is 0. The van der Waals surface area contributed by atoms with Crippen molar-refractivity contribution in [1.29, 1.82) is 0 Å². The van der Waals surface area contributed by atoms with Gasteiger partial charge in [-0.1, -0.05) is 12.8 Å². The summed E-state index contributed by atoms with van der Waals surface area (Å²) < 4.78 is 4.74. The molecule has 122 valence electrons. The topological polar surface area (TPSA) is 55.6 Å². The van der Waals surface area contributed by atoms with Gasteiger partial charge in [0.05, 0.1) is 7.11 Å². The minimum Gasteiger partial charge on any atom is -0.468 e. The Balaban J connectivity index is 1.61. The Hall–Kier alpha value is -0.610. The van der Waals surface area contributed by atoms with Crippen molar-refractivity contribution in [3.8, 4) is 0 Å². The molecule has 1 unspecified atom stereocenters. The number of unbranched alkanes of at least 4 members (excludes halogenated alkanes) is 1. The van der Waals surface area contributed by atoms with E-state index >= 15 is 0 Å². The molecule has 2 aliphatic rings. The van der Waals surface area contributed by atoms with E-state index in [1.165, 1.54) is 58.7 Å². The van der Waals surface area contributed by atoms with Crippen LogP contribution in [0, 0.1) is 5.41 Å². The number of nitrogens with zero attached hydrogens (tertiary/aromatic N) is 1. The van der Waals surface area contributed by atoms with Gasteiger partial charge in [-0.3, -0.25) is 4.79 Å². The molecule has 2 rings (SSSR count). The van der Waals surface area contributed by atoms with Crippen molar-refractivity contribution in [2.24, 2.45) is 11.1 Å². The van der Waals surface area contributed by atoms with E-state index in [1.54, 1.807) is 6.92 Å². The molecule has 1 spiro atoms. The molecule has 1 aliphatic carbocycles. The Bertz CT molecular complexity index is 339. The van der Waals surface area contributed by atoms with Crippen LogP contribution < -0.4 is 5.73 Å². The van der Waals surface area contributed by atoms with E-state index in [9.17, 15) is 4.79 Å². The van der Waals surface area contributed by atoms with Crippen LogP contribution in [-0.4, -0.2) is 43.2 Å². The predicted octanol–water partition coefficient (Wildman–Crippen LogP) is 2.70. The molecule has 1 saturated carbocycles. The van der Waals surface area contributed by atoms with Crippen molar-refractivity contribution >= 4 is 5.97 Å². The second-order valence-electron chi connectivity index (χ2n) is 7.41. The number of carbonyl (C=O) groups is 1. The first-order valence-electron chi connectivity index (χ1n) is 8.57. The maximum atomic E-state index is 11.5. The number of esters is 1. The summed E-state index contributed by atoms with van der Waals surface area (Å²) in [5.41, 5.74) is 5.86. The molecule has 4 nitrogen and oxygen atoms in total. The maximum absolute atomic E-state index is 11.5. The third kappa shape index (κ3) is 4.43. The molecular formula is C17H32N2O2. The first-order chi connectivity index (χ1) is 9.97. The smallest absolute Gasteiger partial charge is 0.325 e. The van der Waals surface area contributed by atoms with E-state index in [1.807, 2.05) is 0 Å². The van der Waals surface area contributed by atoms with Gasteiger partial charge >= 0.3 is 5.97 Å². The van der Waals surface area contributed by atoms with E-state index < -0.39 is 5.54 Å². The number of piperidine rings is 1. The highest BCUT2D eigenvalue weighted by Gasteiger charge is 2.36. The molecule has 1 saturated heterocycles. The molecule has 0 radical (unpaired) electrons. The molecule has 0 amide bonds. The van der Waals surface area contributed by atoms with Crippen LogP contribution in [0.5, 0.6) is 0 Å². The summed E-state index contributed by atoms with van der Waals surface area (Å²) in [6.45, 7) is 5.44. The lowest BCUT2D eigenvalue weighted by Gasteiger charge is -2.39. The Morgan fingerprint density at radius 2 is 1.81 bits per heavy atom. The van der Waals surface area contributed by atoms with Crippen molar-refractivity contribution in [2.45, 2.75) is 70.3 Å². The van der Waals surface area contributed by atoms with Crippen molar-refractivity contribution in [2.75, 3.05) is 26.7 Å². The minimum absolute atomic E-state index is 0.302. The lowest BCUT2D eigenvalue weighted by molar-refractivity contribution is -0.146. The zero-order valence-electron chi connectivity index (χ0n) is 13.8. The van der Waals surface area contributed by atoms with Crippen LogP contribution in [0.2, 0.25) is 0 Å². The van der Waals surface area contributed by atoms with E-state index in [-0.39, 0.29) is 5.97 Å². The predicted molar refractivity (Wildman–Crippen MR) is 85.0 cm³/mol. The van der Waals surface area contributed by atoms with Crippen molar-refractivity contribution in [3.63, 3.8) is 0 Å². The van der Waals surface area contributed by atoms with Gasteiger partial charge in [-0.05, 0) is 76.9 Å². The number of carbonyl (C=O) groups excluding carboxylic acids is 1. The summed E-state index contributed by atoms with van der Waals surface area (Å²) in [4.78, 5) is 14.1. The molecule has 2 N–H and O–H groups in total. The van der Waals surface area contributed by atoms with Crippen LogP contribution in [0.4, 0.5) is 0 Å². The summed E-state index contributed by atoms with van der Waals surface area (Å²) in [7, 11) is 1.40. The normalized spacial score (nSPS) is 24.9. The van der Waals surface area contributed by atoms with Gasteiger partial charge in [0.15, 0.2) is 0 Å². The van der Waals surface area contributed by atoms with E-state index in [2.05, 4.69) is 4.90 Å². The van der Waals surface area contributed by atoms with Gasteiger partial charge in [-0.25, -0.2) is 0 Å². The monoisotopic (exact) mass is 296 g/mol. The molecule has 2 fully saturated rings. The van der Waals surface area contributed by atoms with Crippen LogP contribution in [0.3, 0.4) is 0 Å². The van der Waals surface area contributed by atoms with Gasteiger partial charge in [0, 0.05) is 0 Å². The Morgan fingerprint density at radius 1 is 1.19 bits per heavy atom. The van der Waals surface area contributed by atoms with E-state index in [0.29, 0.717) is 11.8 Å². The largest absolute Gasteiger partial charge is 0.468 e. The fourth-order valence-corrected chi connectivity index (χ4v) is 4.04. The van der Waals surface area contributed by atoms with Gasteiger partial charge in [-0.2, -0.15) is 0 Å². The molecule has 0 aromatic heterocycles. The highest BCUT2D eigenvalue weighted by atomic mass is 16.5. The maximum Gasteiger partial charge on any atom is 0.325 e. The quantitative estimate of drug-likeness (QED) is 0.605. The van der Waals surface area contributed by atoms with Gasteiger partial charge in [0.1, 0.15) is 5.54 Å². The first-order valence-corrected chi connectivity index (χ1v) is 8.57. The number of ether oxygens (including phenoxy) is 1.